The SMILES string of the molecule is C[C@@H]1c2[nH]c3ccccc3c2C[C@@H]2C(=O)N(N)CC(=O)N21. The second-order valence-corrected chi connectivity index (χ2v) is 5.73. The highest BCUT2D eigenvalue weighted by Crippen LogP contribution is 2.38. The van der Waals surface area contributed by atoms with Crippen LogP contribution in [0.5, 0.6) is 0 Å². The zero-order valence-electron chi connectivity index (χ0n) is 11.7. The van der Waals surface area contributed by atoms with E-state index in [-0.39, 0.29) is 24.4 Å². The van der Waals surface area contributed by atoms with Crippen LogP contribution < -0.4 is 5.84 Å². The molecule has 1 aromatic heterocycles. The van der Waals surface area contributed by atoms with E-state index in [2.05, 4.69) is 4.98 Å². The highest BCUT2D eigenvalue weighted by molar-refractivity contribution is 5.96. The molecule has 108 valence electrons. The molecule has 2 amide bonds. The summed E-state index contributed by atoms with van der Waals surface area (Å²) in [6.45, 7) is 1.91. The van der Waals surface area contributed by atoms with Gasteiger partial charge in [0.05, 0.1) is 6.04 Å². The number of para-hydroxylation sites is 1. The van der Waals surface area contributed by atoms with Crippen LogP contribution in [0.1, 0.15) is 24.2 Å². The van der Waals surface area contributed by atoms with Gasteiger partial charge in [-0.15, -0.1) is 0 Å². The lowest BCUT2D eigenvalue weighted by Gasteiger charge is -2.44. The van der Waals surface area contributed by atoms with Crippen LogP contribution in [0.2, 0.25) is 0 Å². The number of piperazine rings is 1. The average molecular weight is 284 g/mol. The molecule has 6 heteroatoms. The molecule has 2 atom stereocenters. The molecule has 3 N–H and O–H groups in total. The molecular formula is C15H16N4O2. The zero-order valence-corrected chi connectivity index (χ0v) is 11.7. The van der Waals surface area contributed by atoms with E-state index in [1.165, 1.54) is 0 Å². The summed E-state index contributed by atoms with van der Waals surface area (Å²) in [6, 6.07) is 7.38. The van der Waals surface area contributed by atoms with Gasteiger partial charge in [-0.2, -0.15) is 0 Å². The van der Waals surface area contributed by atoms with Gasteiger partial charge in [0.15, 0.2) is 0 Å². The van der Waals surface area contributed by atoms with Crippen molar-refractivity contribution in [1.29, 1.82) is 0 Å². The summed E-state index contributed by atoms with van der Waals surface area (Å²) in [6.07, 6.45) is 0.516. The second-order valence-electron chi connectivity index (χ2n) is 5.73. The summed E-state index contributed by atoms with van der Waals surface area (Å²) in [5, 5.41) is 2.16. The molecule has 4 rings (SSSR count). The fourth-order valence-corrected chi connectivity index (χ4v) is 3.59. The molecule has 2 aliphatic heterocycles. The predicted molar refractivity (Wildman–Crippen MR) is 77.0 cm³/mol. The number of carbonyl (C=O) groups is 2. The Morgan fingerprint density at radius 1 is 1.29 bits per heavy atom. The summed E-state index contributed by atoms with van der Waals surface area (Å²) in [5.74, 6) is 5.38. The zero-order chi connectivity index (χ0) is 14.7. The Hall–Kier alpha value is -2.34. The van der Waals surface area contributed by atoms with Gasteiger partial charge in [-0.1, -0.05) is 18.2 Å². The highest BCUT2D eigenvalue weighted by atomic mass is 16.2. The summed E-state index contributed by atoms with van der Waals surface area (Å²) in [7, 11) is 0. The van der Waals surface area contributed by atoms with Gasteiger partial charge in [0.2, 0.25) is 5.91 Å². The Kier molecular flexibility index (Phi) is 2.41. The lowest BCUT2D eigenvalue weighted by Crippen LogP contribution is -2.64. The number of nitrogens with zero attached hydrogens (tertiary/aromatic N) is 2. The topological polar surface area (TPSA) is 82.4 Å². The average Bonchev–Trinajstić information content (AvgIpc) is 2.84. The number of carbonyl (C=O) groups excluding carboxylic acids is 2. The van der Waals surface area contributed by atoms with Gasteiger partial charge in [-0.05, 0) is 18.6 Å². The Morgan fingerprint density at radius 2 is 2.05 bits per heavy atom. The third-order valence-electron chi connectivity index (χ3n) is 4.58. The van der Waals surface area contributed by atoms with Crippen molar-refractivity contribution < 1.29 is 9.59 Å². The molecule has 21 heavy (non-hydrogen) atoms. The molecular weight excluding hydrogens is 268 g/mol. The van der Waals surface area contributed by atoms with Crippen molar-refractivity contribution in [3.05, 3.63) is 35.5 Å². The van der Waals surface area contributed by atoms with Crippen LogP contribution in [0, 0.1) is 0 Å². The third kappa shape index (κ3) is 1.56. The fourth-order valence-electron chi connectivity index (χ4n) is 3.59. The van der Waals surface area contributed by atoms with E-state index in [1.807, 2.05) is 31.2 Å². The number of aromatic nitrogens is 1. The molecule has 0 saturated carbocycles. The number of hydrazine groups is 1. The van der Waals surface area contributed by atoms with Crippen LogP contribution in [0.3, 0.4) is 0 Å². The van der Waals surface area contributed by atoms with E-state index >= 15 is 0 Å². The van der Waals surface area contributed by atoms with Gasteiger partial charge < -0.3 is 9.88 Å². The number of H-pyrrole nitrogens is 1. The smallest absolute Gasteiger partial charge is 0.260 e. The van der Waals surface area contributed by atoms with Gasteiger partial charge in [0, 0.05) is 23.0 Å². The predicted octanol–water partition coefficient (Wildman–Crippen LogP) is 0.698. The fraction of sp³-hybridized carbons (Fsp3) is 0.333. The van der Waals surface area contributed by atoms with E-state index in [9.17, 15) is 9.59 Å². The van der Waals surface area contributed by atoms with Crippen molar-refractivity contribution in [2.45, 2.75) is 25.4 Å². The normalized spacial score (nSPS) is 25.2. The van der Waals surface area contributed by atoms with Crippen LogP contribution >= 0.6 is 0 Å². The maximum atomic E-state index is 12.3. The van der Waals surface area contributed by atoms with Crippen molar-refractivity contribution in [1.82, 2.24) is 14.9 Å². The number of benzene rings is 1. The Bertz CT molecular complexity index is 766. The van der Waals surface area contributed by atoms with Crippen molar-refractivity contribution >= 4 is 22.7 Å². The number of aromatic amines is 1. The van der Waals surface area contributed by atoms with Crippen LogP contribution in [0.25, 0.3) is 10.9 Å². The minimum Gasteiger partial charge on any atom is -0.356 e. The van der Waals surface area contributed by atoms with E-state index in [1.54, 1.807) is 4.90 Å². The number of hydrogen-bond acceptors (Lipinski definition) is 3. The maximum absolute atomic E-state index is 12.3. The second kappa shape index (κ2) is 4.08. The lowest BCUT2D eigenvalue weighted by atomic mass is 9.90. The standard InChI is InChI=1S/C15H16N4O2/c1-8-14-10(9-4-2-3-5-11(9)17-14)6-12-15(21)18(16)7-13(20)19(8)12/h2-5,8,12,17H,6-7,16H2,1H3/t8-,12-/m1/s1. The number of rotatable bonds is 0. The summed E-state index contributed by atoms with van der Waals surface area (Å²) < 4.78 is 0. The number of nitrogens with two attached hydrogens (primary N) is 1. The Balaban J connectivity index is 1.90. The first-order valence-corrected chi connectivity index (χ1v) is 7.04. The third-order valence-corrected chi connectivity index (χ3v) is 4.58. The van der Waals surface area contributed by atoms with E-state index in [0.29, 0.717) is 6.42 Å². The van der Waals surface area contributed by atoms with Gasteiger partial charge in [0.1, 0.15) is 12.6 Å². The molecule has 1 aromatic carbocycles. The van der Waals surface area contributed by atoms with Crippen molar-refractivity contribution in [3.63, 3.8) is 0 Å². The Morgan fingerprint density at radius 3 is 2.86 bits per heavy atom. The van der Waals surface area contributed by atoms with Gasteiger partial charge in [-0.25, -0.2) is 5.84 Å². The monoisotopic (exact) mass is 284 g/mol. The largest absolute Gasteiger partial charge is 0.356 e. The number of fused-ring (bicyclic) bond motifs is 4. The van der Waals surface area contributed by atoms with E-state index < -0.39 is 6.04 Å². The van der Waals surface area contributed by atoms with Gasteiger partial charge in [0.25, 0.3) is 5.91 Å². The van der Waals surface area contributed by atoms with Crippen molar-refractivity contribution in [2.24, 2.45) is 5.84 Å². The molecule has 0 aliphatic carbocycles. The number of amides is 2. The molecule has 6 nitrogen and oxygen atoms in total. The summed E-state index contributed by atoms with van der Waals surface area (Å²) >= 11 is 0. The highest BCUT2D eigenvalue weighted by Gasteiger charge is 2.45. The van der Waals surface area contributed by atoms with Crippen LogP contribution in [0.15, 0.2) is 24.3 Å². The number of nitrogens with one attached hydrogen (secondary N) is 1. The molecule has 3 heterocycles. The first-order valence-electron chi connectivity index (χ1n) is 7.04. The van der Waals surface area contributed by atoms with Crippen LogP contribution in [-0.4, -0.2) is 39.3 Å². The van der Waals surface area contributed by atoms with Crippen molar-refractivity contribution in [2.75, 3.05) is 6.54 Å². The first kappa shape index (κ1) is 12.4. The van der Waals surface area contributed by atoms with Gasteiger partial charge in [-0.3, -0.25) is 14.6 Å². The molecule has 1 saturated heterocycles. The van der Waals surface area contributed by atoms with E-state index in [0.717, 1.165) is 27.2 Å². The Labute approximate surface area is 121 Å². The molecule has 1 fully saturated rings. The molecule has 0 unspecified atom stereocenters. The maximum Gasteiger partial charge on any atom is 0.260 e. The van der Waals surface area contributed by atoms with Crippen LogP contribution in [-0.2, 0) is 16.0 Å². The van der Waals surface area contributed by atoms with Crippen LogP contribution in [0.4, 0.5) is 0 Å². The van der Waals surface area contributed by atoms with Gasteiger partial charge >= 0.3 is 0 Å². The number of hydrogen-bond donors (Lipinski definition) is 2. The quantitative estimate of drug-likeness (QED) is 0.552. The molecule has 2 aromatic rings. The minimum absolute atomic E-state index is 0.0464. The van der Waals surface area contributed by atoms with Crippen molar-refractivity contribution in [3.8, 4) is 0 Å². The lowest BCUT2D eigenvalue weighted by molar-refractivity contribution is -0.159. The summed E-state index contributed by atoms with van der Waals surface area (Å²) in [5.41, 5.74) is 3.19. The molecule has 2 aliphatic rings. The molecule has 0 bridgehead atoms. The molecule has 0 radical (unpaired) electrons. The first-order chi connectivity index (χ1) is 10.1. The van der Waals surface area contributed by atoms with E-state index in [4.69, 9.17) is 5.84 Å². The molecule has 0 spiro atoms. The minimum atomic E-state index is -0.488. The summed E-state index contributed by atoms with van der Waals surface area (Å²) in [4.78, 5) is 29.6.